The van der Waals surface area contributed by atoms with Crippen molar-refractivity contribution in [2.75, 3.05) is 32.1 Å². The van der Waals surface area contributed by atoms with E-state index in [1.54, 1.807) is 23.5 Å². The predicted octanol–water partition coefficient (Wildman–Crippen LogP) is 3.04. The molecule has 1 aliphatic heterocycles. The van der Waals surface area contributed by atoms with E-state index in [2.05, 4.69) is 10.3 Å². The molecule has 3 rings (SSSR count). The van der Waals surface area contributed by atoms with Crippen LogP contribution in [0.4, 0.5) is 5.13 Å². The van der Waals surface area contributed by atoms with Gasteiger partial charge in [-0.1, -0.05) is 12.1 Å². The van der Waals surface area contributed by atoms with Crippen molar-refractivity contribution in [3.8, 4) is 11.3 Å². The third-order valence-corrected chi connectivity index (χ3v) is 6.83. The van der Waals surface area contributed by atoms with Crippen LogP contribution in [0.2, 0.25) is 0 Å². The molecule has 8 heteroatoms. The van der Waals surface area contributed by atoms with Gasteiger partial charge < -0.3 is 10.1 Å². The first kappa shape index (κ1) is 18.3. The number of nitrogens with zero attached hydrogens (tertiary/aromatic N) is 2. The molecule has 136 valence electrons. The largest absolute Gasteiger partial charge is 0.383 e. The summed E-state index contributed by atoms with van der Waals surface area (Å²) in [5.41, 5.74) is 1.74. The Morgan fingerprint density at radius 3 is 2.60 bits per heavy atom. The highest BCUT2D eigenvalue weighted by Gasteiger charge is 2.26. The third-order valence-electron chi connectivity index (χ3n) is 4.14. The molecule has 0 spiro atoms. The van der Waals surface area contributed by atoms with E-state index in [1.807, 2.05) is 24.4 Å². The van der Waals surface area contributed by atoms with Crippen LogP contribution in [0.15, 0.2) is 34.5 Å². The standard InChI is InChI=1S/C17H23N3O3S2/c1-13(11-23-2)18-17-19-16(12-24-17)14-5-7-15(8-6-14)25(21,22)20-9-3-4-10-20/h5-8,12-13H,3-4,9-11H2,1-2H3,(H,18,19)/t13-/m1/s1. The average molecular weight is 382 g/mol. The van der Waals surface area contributed by atoms with E-state index in [0.717, 1.165) is 29.2 Å². The Balaban J connectivity index is 1.73. The van der Waals surface area contributed by atoms with Crippen molar-refractivity contribution >= 4 is 26.5 Å². The first-order valence-electron chi connectivity index (χ1n) is 8.32. The summed E-state index contributed by atoms with van der Waals surface area (Å²) in [7, 11) is -1.70. The van der Waals surface area contributed by atoms with Crippen LogP contribution in [-0.2, 0) is 14.8 Å². The fraction of sp³-hybridized carbons (Fsp3) is 0.471. The fourth-order valence-electron chi connectivity index (χ4n) is 2.85. The van der Waals surface area contributed by atoms with Crippen molar-refractivity contribution in [1.29, 1.82) is 0 Å². The van der Waals surface area contributed by atoms with Gasteiger partial charge in [-0.3, -0.25) is 0 Å². The van der Waals surface area contributed by atoms with Gasteiger partial charge in [-0.25, -0.2) is 13.4 Å². The molecule has 0 aliphatic carbocycles. The molecule has 1 atom stereocenters. The summed E-state index contributed by atoms with van der Waals surface area (Å²) in [6, 6.07) is 7.16. The van der Waals surface area contributed by atoms with Crippen LogP contribution in [0.5, 0.6) is 0 Å². The molecule has 0 bridgehead atoms. The quantitative estimate of drug-likeness (QED) is 0.798. The Morgan fingerprint density at radius 2 is 1.96 bits per heavy atom. The van der Waals surface area contributed by atoms with E-state index in [4.69, 9.17) is 4.74 Å². The monoisotopic (exact) mass is 381 g/mol. The summed E-state index contributed by atoms with van der Waals surface area (Å²) in [5.74, 6) is 0. The molecule has 25 heavy (non-hydrogen) atoms. The van der Waals surface area contributed by atoms with Crippen LogP contribution in [-0.4, -0.2) is 50.6 Å². The second-order valence-corrected chi connectivity index (χ2v) is 8.97. The highest BCUT2D eigenvalue weighted by molar-refractivity contribution is 7.89. The van der Waals surface area contributed by atoms with Crippen LogP contribution in [0.25, 0.3) is 11.3 Å². The molecule has 6 nitrogen and oxygen atoms in total. The number of thiazole rings is 1. The summed E-state index contributed by atoms with van der Waals surface area (Å²) in [4.78, 5) is 4.91. The zero-order chi connectivity index (χ0) is 17.9. The van der Waals surface area contributed by atoms with Crippen LogP contribution in [0.3, 0.4) is 0 Å². The molecule has 0 unspecified atom stereocenters. The summed E-state index contributed by atoms with van der Waals surface area (Å²) in [6.07, 6.45) is 1.88. The maximum absolute atomic E-state index is 12.6. The number of benzene rings is 1. The van der Waals surface area contributed by atoms with Gasteiger partial charge in [0.05, 0.1) is 17.2 Å². The van der Waals surface area contributed by atoms with Gasteiger partial charge >= 0.3 is 0 Å². The summed E-state index contributed by atoms with van der Waals surface area (Å²) >= 11 is 1.52. The molecule has 1 aromatic heterocycles. The van der Waals surface area contributed by atoms with Gasteiger partial charge in [-0.2, -0.15) is 4.31 Å². The van der Waals surface area contributed by atoms with Gasteiger partial charge in [0.2, 0.25) is 10.0 Å². The van der Waals surface area contributed by atoms with Gasteiger partial charge in [0.1, 0.15) is 0 Å². The minimum absolute atomic E-state index is 0.178. The summed E-state index contributed by atoms with van der Waals surface area (Å²) in [6.45, 7) is 3.87. The Labute approximate surface area is 152 Å². The Kier molecular flexibility index (Phi) is 5.73. The van der Waals surface area contributed by atoms with Crippen LogP contribution in [0.1, 0.15) is 19.8 Å². The van der Waals surface area contributed by atoms with Crippen molar-refractivity contribution in [2.45, 2.75) is 30.7 Å². The molecule has 1 saturated heterocycles. The Hall–Kier alpha value is -1.48. The van der Waals surface area contributed by atoms with E-state index in [1.165, 1.54) is 11.3 Å². The average Bonchev–Trinajstić information content (AvgIpc) is 3.27. The zero-order valence-corrected chi connectivity index (χ0v) is 16.1. The molecule has 0 radical (unpaired) electrons. The third kappa shape index (κ3) is 4.20. The van der Waals surface area contributed by atoms with E-state index in [9.17, 15) is 8.42 Å². The lowest BCUT2D eigenvalue weighted by Gasteiger charge is -2.15. The lowest BCUT2D eigenvalue weighted by Crippen LogP contribution is -2.27. The molecule has 0 saturated carbocycles. The SMILES string of the molecule is COC[C@@H](C)Nc1nc(-c2ccc(S(=O)(=O)N3CCCC3)cc2)cs1. The maximum atomic E-state index is 12.6. The second kappa shape index (κ2) is 7.82. The number of aromatic nitrogens is 1. The highest BCUT2D eigenvalue weighted by atomic mass is 32.2. The summed E-state index contributed by atoms with van der Waals surface area (Å²) < 4.78 is 31.8. The van der Waals surface area contributed by atoms with E-state index in [-0.39, 0.29) is 6.04 Å². The number of hydrogen-bond donors (Lipinski definition) is 1. The predicted molar refractivity (Wildman–Crippen MR) is 101 cm³/mol. The molecule has 2 heterocycles. The van der Waals surface area contributed by atoms with Crippen LogP contribution < -0.4 is 5.32 Å². The number of anilines is 1. The highest BCUT2D eigenvalue weighted by Crippen LogP contribution is 2.27. The molecular weight excluding hydrogens is 358 g/mol. The van der Waals surface area contributed by atoms with Gasteiger partial charge in [0.15, 0.2) is 5.13 Å². The number of ether oxygens (including phenoxy) is 1. The zero-order valence-electron chi connectivity index (χ0n) is 14.4. The van der Waals surface area contributed by atoms with Gasteiger partial charge in [-0.05, 0) is 31.9 Å². The second-order valence-electron chi connectivity index (χ2n) is 6.17. The first-order valence-corrected chi connectivity index (χ1v) is 10.6. The van der Waals surface area contributed by atoms with Crippen molar-refractivity contribution in [2.24, 2.45) is 0 Å². The van der Waals surface area contributed by atoms with E-state index in [0.29, 0.717) is 24.6 Å². The molecular formula is C17H23N3O3S2. The fourth-order valence-corrected chi connectivity index (χ4v) is 5.20. The molecule has 0 amide bonds. The summed E-state index contributed by atoms with van der Waals surface area (Å²) in [5, 5.41) is 6.08. The minimum atomic E-state index is -3.37. The normalized spacial score (nSPS) is 16.9. The molecule has 1 aromatic carbocycles. The maximum Gasteiger partial charge on any atom is 0.243 e. The number of nitrogens with one attached hydrogen (secondary N) is 1. The number of sulfonamides is 1. The van der Waals surface area contributed by atoms with Crippen molar-refractivity contribution < 1.29 is 13.2 Å². The van der Waals surface area contributed by atoms with Crippen LogP contribution >= 0.6 is 11.3 Å². The lowest BCUT2D eigenvalue weighted by molar-refractivity contribution is 0.190. The molecule has 1 fully saturated rings. The molecule has 2 aromatic rings. The smallest absolute Gasteiger partial charge is 0.243 e. The lowest BCUT2D eigenvalue weighted by atomic mass is 10.2. The van der Waals surface area contributed by atoms with Gasteiger partial charge in [0.25, 0.3) is 0 Å². The molecule has 1 aliphatic rings. The Bertz CT molecular complexity index is 797. The minimum Gasteiger partial charge on any atom is -0.383 e. The van der Waals surface area contributed by atoms with Crippen molar-refractivity contribution in [3.63, 3.8) is 0 Å². The Morgan fingerprint density at radius 1 is 1.28 bits per heavy atom. The topological polar surface area (TPSA) is 71.5 Å². The molecule has 1 N–H and O–H groups in total. The number of hydrogen-bond acceptors (Lipinski definition) is 6. The number of methoxy groups -OCH3 is 1. The van der Waals surface area contributed by atoms with Crippen molar-refractivity contribution in [3.05, 3.63) is 29.6 Å². The van der Waals surface area contributed by atoms with E-state index < -0.39 is 10.0 Å². The van der Waals surface area contributed by atoms with E-state index >= 15 is 0 Å². The van der Waals surface area contributed by atoms with Crippen LogP contribution in [0, 0.1) is 0 Å². The van der Waals surface area contributed by atoms with Gasteiger partial charge in [0, 0.05) is 37.2 Å². The van der Waals surface area contributed by atoms with Crippen molar-refractivity contribution in [1.82, 2.24) is 9.29 Å². The first-order chi connectivity index (χ1) is 12.0. The number of rotatable bonds is 7. The van der Waals surface area contributed by atoms with Gasteiger partial charge in [-0.15, -0.1) is 11.3 Å².